The van der Waals surface area contributed by atoms with Crippen molar-refractivity contribution >= 4 is 28.6 Å². The van der Waals surface area contributed by atoms with Crippen LogP contribution in [0.2, 0.25) is 0 Å². The molecular weight excluding hydrogens is 391 g/mol. The molecule has 0 unspecified atom stereocenters. The Morgan fingerprint density at radius 1 is 1.28 bits per heavy atom. The molecule has 1 aromatic carbocycles. The largest absolute Gasteiger partial charge is 0.466 e. The molecule has 4 rings (SSSR count). The van der Waals surface area contributed by atoms with Crippen molar-refractivity contribution in [2.45, 2.75) is 24.3 Å². The van der Waals surface area contributed by atoms with Crippen molar-refractivity contribution in [1.82, 2.24) is 20.1 Å². The van der Waals surface area contributed by atoms with Crippen LogP contribution in [0.3, 0.4) is 0 Å². The monoisotopic (exact) mass is 410 g/mol. The second-order valence-electron chi connectivity index (χ2n) is 6.48. The lowest BCUT2D eigenvalue weighted by molar-refractivity contribution is 0.0931. The number of thioether (sulfide) groups is 1. The molecule has 0 radical (unpaired) electrons. The van der Waals surface area contributed by atoms with E-state index in [1.807, 2.05) is 19.2 Å². The molecular formula is C21H19FN4O2S. The van der Waals surface area contributed by atoms with E-state index in [4.69, 9.17) is 4.42 Å². The fraction of sp³-hybridized carbons (Fsp3) is 0.190. The zero-order valence-corrected chi connectivity index (χ0v) is 16.7. The molecule has 0 aliphatic rings. The van der Waals surface area contributed by atoms with Crippen LogP contribution in [-0.4, -0.2) is 26.9 Å². The highest BCUT2D eigenvalue weighted by atomic mass is 32.2. The predicted octanol–water partition coefficient (Wildman–Crippen LogP) is 4.76. The molecule has 148 valence electrons. The number of carbonyl (C=O) groups is 1. The Bertz CT molecular complexity index is 1150. The van der Waals surface area contributed by atoms with E-state index in [1.165, 1.54) is 18.3 Å². The zero-order valence-electron chi connectivity index (χ0n) is 15.9. The summed E-state index contributed by atoms with van der Waals surface area (Å²) in [7, 11) is 0. The van der Waals surface area contributed by atoms with E-state index in [-0.39, 0.29) is 17.8 Å². The molecule has 0 bridgehead atoms. The first kappa shape index (κ1) is 19.2. The first-order valence-corrected chi connectivity index (χ1v) is 10.3. The second kappa shape index (κ2) is 8.08. The highest BCUT2D eigenvalue weighted by Gasteiger charge is 2.20. The summed E-state index contributed by atoms with van der Waals surface area (Å²) in [5, 5.41) is 8.05. The number of hydrogen-bond donors (Lipinski definition) is 1. The van der Waals surface area contributed by atoms with Gasteiger partial charge >= 0.3 is 0 Å². The first-order chi connectivity index (χ1) is 14.1. The maximum atomic E-state index is 13.2. The summed E-state index contributed by atoms with van der Waals surface area (Å²) in [4.78, 5) is 18.2. The lowest BCUT2D eigenvalue weighted by Crippen LogP contribution is -2.28. The van der Waals surface area contributed by atoms with Crippen LogP contribution in [0.5, 0.6) is 0 Å². The van der Waals surface area contributed by atoms with Gasteiger partial charge in [0.05, 0.1) is 35.2 Å². The third-order valence-electron chi connectivity index (χ3n) is 4.70. The normalized spacial score (nSPS) is 12.2. The van der Waals surface area contributed by atoms with Gasteiger partial charge < -0.3 is 9.73 Å². The maximum Gasteiger partial charge on any atom is 0.254 e. The Hall–Kier alpha value is -3.13. The van der Waals surface area contributed by atoms with Gasteiger partial charge in [0, 0.05) is 16.5 Å². The van der Waals surface area contributed by atoms with E-state index in [0.29, 0.717) is 34.3 Å². The number of carbonyl (C=O) groups excluding carboxylic acids is 1. The summed E-state index contributed by atoms with van der Waals surface area (Å²) < 4.78 is 20.5. The van der Waals surface area contributed by atoms with Gasteiger partial charge in [0.2, 0.25) is 0 Å². The van der Waals surface area contributed by atoms with E-state index < -0.39 is 0 Å². The molecule has 0 fully saturated rings. The van der Waals surface area contributed by atoms with E-state index >= 15 is 0 Å². The van der Waals surface area contributed by atoms with Crippen LogP contribution in [0.4, 0.5) is 4.39 Å². The van der Waals surface area contributed by atoms with Gasteiger partial charge in [0.25, 0.3) is 5.91 Å². The van der Waals surface area contributed by atoms with Gasteiger partial charge in [-0.25, -0.2) is 9.07 Å². The van der Waals surface area contributed by atoms with Crippen LogP contribution in [0.25, 0.3) is 16.6 Å². The van der Waals surface area contributed by atoms with Crippen LogP contribution in [0.15, 0.2) is 64.5 Å². The molecule has 1 amide bonds. The van der Waals surface area contributed by atoms with Crippen molar-refractivity contribution in [1.29, 1.82) is 0 Å². The minimum absolute atomic E-state index is 0.245. The highest BCUT2D eigenvalue weighted by Crippen LogP contribution is 2.26. The van der Waals surface area contributed by atoms with Crippen LogP contribution < -0.4 is 5.32 Å². The second-order valence-corrected chi connectivity index (χ2v) is 7.36. The van der Waals surface area contributed by atoms with Crippen LogP contribution in [0, 0.1) is 5.82 Å². The SMILES string of the molecule is CC[C@H](NC(=O)c1cncc2c1cnn2-c1ccc(F)cc1)c1cc(SC)co1. The van der Waals surface area contributed by atoms with Crippen molar-refractivity contribution in [3.05, 3.63) is 72.3 Å². The number of nitrogens with one attached hydrogen (secondary N) is 1. The topological polar surface area (TPSA) is 73.0 Å². The van der Waals surface area contributed by atoms with Crippen molar-refractivity contribution in [2.24, 2.45) is 0 Å². The molecule has 0 aliphatic heterocycles. The Morgan fingerprint density at radius 3 is 2.76 bits per heavy atom. The average molecular weight is 410 g/mol. The predicted molar refractivity (Wildman–Crippen MR) is 110 cm³/mol. The number of halogens is 1. The van der Waals surface area contributed by atoms with Crippen molar-refractivity contribution in [3.63, 3.8) is 0 Å². The Morgan fingerprint density at radius 2 is 2.07 bits per heavy atom. The number of aromatic nitrogens is 3. The first-order valence-electron chi connectivity index (χ1n) is 9.11. The van der Waals surface area contributed by atoms with Crippen LogP contribution in [0.1, 0.15) is 35.5 Å². The number of nitrogens with zero attached hydrogens (tertiary/aromatic N) is 3. The third-order valence-corrected chi connectivity index (χ3v) is 5.39. The summed E-state index contributed by atoms with van der Waals surface area (Å²) in [5.41, 5.74) is 1.78. The Balaban J connectivity index is 1.65. The van der Waals surface area contributed by atoms with Gasteiger partial charge in [0.15, 0.2) is 0 Å². The molecule has 8 heteroatoms. The molecule has 0 saturated carbocycles. The summed E-state index contributed by atoms with van der Waals surface area (Å²) in [6.07, 6.45) is 9.12. The van der Waals surface area contributed by atoms with Gasteiger partial charge in [-0.05, 0) is 43.0 Å². The molecule has 3 aromatic heterocycles. The molecule has 4 aromatic rings. The number of furan rings is 1. The quantitative estimate of drug-likeness (QED) is 0.464. The molecule has 1 atom stereocenters. The molecule has 29 heavy (non-hydrogen) atoms. The lowest BCUT2D eigenvalue weighted by Gasteiger charge is -2.14. The van der Waals surface area contributed by atoms with Gasteiger partial charge in [-0.15, -0.1) is 11.8 Å². The molecule has 0 aliphatic carbocycles. The smallest absolute Gasteiger partial charge is 0.254 e. The van der Waals surface area contributed by atoms with E-state index in [2.05, 4.69) is 15.4 Å². The molecule has 0 saturated heterocycles. The minimum atomic E-state index is -0.323. The van der Waals surface area contributed by atoms with Crippen molar-refractivity contribution < 1.29 is 13.6 Å². The van der Waals surface area contributed by atoms with E-state index in [0.717, 1.165) is 4.90 Å². The van der Waals surface area contributed by atoms with E-state index in [9.17, 15) is 9.18 Å². The Labute approximate surface area is 171 Å². The van der Waals surface area contributed by atoms with Crippen molar-refractivity contribution in [3.8, 4) is 5.69 Å². The molecule has 0 spiro atoms. The third kappa shape index (κ3) is 3.75. The van der Waals surface area contributed by atoms with Gasteiger partial charge in [-0.1, -0.05) is 6.92 Å². The number of fused-ring (bicyclic) bond motifs is 1. The summed E-state index contributed by atoms with van der Waals surface area (Å²) in [6.45, 7) is 1.98. The number of hydrogen-bond acceptors (Lipinski definition) is 5. The number of amides is 1. The average Bonchev–Trinajstić information content (AvgIpc) is 3.39. The summed E-state index contributed by atoms with van der Waals surface area (Å²) in [6, 6.07) is 7.68. The standard InChI is InChI=1S/C21H19FN4O2S/c1-3-18(20-8-15(29-2)12-28-20)25-21(27)17-9-23-11-19-16(17)10-24-26(19)14-6-4-13(22)5-7-14/h4-12,18H,3H2,1-2H3,(H,25,27)/t18-/m0/s1. The number of benzene rings is 1. The maximum absolute atomic E-state index is 13.2. The van der Waals surface area contributed by atoms with Crippen LogP contribution >= 0.6 is 11.8 Å². The number of rotatable bonds is 6. The van der Waals surface area contributed by atoms with Gasteiger partial charge in [-0.3, -0.25) is 9.78 Å². The zero-order chi connectivity index (χ0) is 20.4. The summed E-state index contributed by atoms with van der Waals surface area (Å²) in [5.74, 6) is 0.139. The molecule has 3 heterocycles. The van der Waals surface area contributed by atoms with Crippen LogP contribution in [-0.2, 0) is 0 Å². The van der Waals surface area contributed by atoms with Crippen molar-refractivity contribution in [2.75, 3.05) is 6.26 Å². The molecule has 1 N–H and O–H groups in total. The fourth-order valence-corrected chi connectivity index (χ4v) is 3.52. The van der Waals surface area contributed by atoms with E-state index in [1.54, 1.807) is 47.2 Å². The Kier molecular flexibility index (Phi) is 5.35. The van der Waals surface area contributed by atoms with Gasteiger partial charge in [0.1, 0.15) is 17.8 Å². The summed E-state index contributed by atoms with van der Waals surface area (Å²) >= 11 is 1.59. The minimum Gasteiger partial charge on any atom is -0.466 e. The van der Waals surface area contributed by atoms with Gasteiger partial charge in [-0.2, -0.15) is 5.10 Å². The molecule has 6 nitrogen and oxygen atoms in total. The highest BCUT2D eigenvalue weighted by molar-refractivity contribution is 7.98. The number of pyridine rings is 1. The lowest BCUT2D eigenvalue weighted by atomic mass is 10.1. The fourth-order valence-electron chi connectivity index (χ4n) is 3.15.